The number of aromatic nitrogens is 3. The summed E-state index contributed by atoms with van der Waals surface area (Å²) < 4.78 is 12.6. The van der Waals surface area contributed by atoms with Gasteiger partial charge in [-0.1, -0.05) is 11.8 Å². The smallest absolute Gasteiger partial charge is 0.305 e. The highest BCUT2D eigenvalue weighted by Gasteiger charge is 2.22. The SMILES string of the molecule is CCOC(=O)CCCSc1nnc(N2CCCC2)n1Cc1ccco1. The van der Waals surface area contributed by atoms with Crippen LogP contribution in [-0.4, -0.2) is 46.2 Å². The molecule has 1 fully saturated rings. The summed E-state index contributed by atoms with van der Waals surface area (Å²) in [5, 5.41) is 9.64. The van der Waals surface area contributed by atoms with E-state index in [1.165, 1.54) is 12.8 Å². The Labute approximate surface area is 151 Å². The van der Waals surface area contributed by atoms with Gasteiger partial charge in [-0.15, -0.1) is 10.2 Å². The van der Waals surface area contributed by atoms with Gasteiger partial charge in [-0.25, -0.2) is 0 Å². The first-order valence-corrected chi connectivity index (χ1v) is 9.75. The van der Waals surface area contributed by atoms with Crippen LogP contribution in [0.2, 0.25) is 0 Å². The van der Waals surface area contributed by atoms with Crippen LogP contribution in [0.1, 0.15) is 38.4 Å². The van der Waals surface area contributed by atoms with Crippen molar-refractivity contribution in [3.05, 3.63) is 24.2 Å². The third-order valence-electron chi connectivity index (χ3n) is 4.04. The summed E-state index contributed by atoms with van der Waals surface area (Å²) in [6.45, 7) is 4.91. The summed E-state index contributed by atoms with van der Waals surface area (Å²) in [6.07, 6.45) is 5.26. The highest BCUT2D eigenvalue weighted by molar-refractivity contribution is 7.99. The van der Waals surface area contributed by atoms with Crippen LogP contribution in [0, 0.1) is 0 Å². The second-order valence-electron chi connectivity index (χ2n) is 5.90. The molecule has 2 aromatic heterocycles. The standard InChI is InChI=1S/C17H24N4O3S/c1-2-23-15(22)8-6-12-25-17-19-18-16(20-9-3-4-10-20)21(17)13-14-7-5-11-24-14/h5,7,11H,2-4,6,8-10,12-13H2,1H3. The molecule has 0 unspecified atom stereocenters. The molecule has 1 saturated heterocycles. The van der Waals surface area contributed by atoms with E-state index in [0.29, 0.717) is 19.6 Å². The Morgan fingerprint density at radius 2 is 2.20 bits per heavy atom. The molecule has 0 aliphatic carbocycles. The molecule has 0 bridgehead atoms. The number of ether oxygens (including phenoxy) is 1. The second kappa shape index (κ2) is 8.94. The fourth-order valence-electron chi connectivity index (χ4n) is 2.85. The zero-order valence-electron chi connectivity index (χ0n) is 14.5. The van der Waals surface area contributed by atoms with Crippen molar-refractivity contribution in [3.8, 4) is 0 Å². The number of nitrogens with zero attached hydrogens (tertiary/aromatic N) is 4. The van der Waals surface area contributed by atoms with Crippen molar-refractivity contribution >= 4 is 23.7 Å². The van der Waals surface area contributed by atoms with E-state index in [1.807, 2.05) is 19.1 Å². The van der Waals surface area contributed by atoms with Gasteiger partial charge in [0.2, 0.25) is 5.95 Å². The van der Waals surface area contributed by atoms with Crippen LogP contribution in [0.4, 0.5) is 5.95 Å². The van der Waals surface area contributed by atoms with Gasteiger partial charge < -0.3 is 14.1 Å². The van der Waals surface area contributed by atoms with E-state index in [2.05, 4.69) is 19.7 Å². The Balaban J connectivity index is 1.64. The minimum atomic E-state index is -0.141. The van der Waals surface area contributed by atoms with Gasteiger partial charge in [0.1, 0.15) is 5.76 Å². The molecule has 0 N–H and O–H groups in total. The molecule has 0 atom stereocenters. The van der Waals surface area contributed by atoms with Gasteiger partial charge in [-0.2, -0.15) is 0 Å². The summed E-state index contributed by atoms with van der Waals surface area (Å²) in [5.41, 5.74) is 0. The van der Waals surface area contributed by atoms with Gasteiger partial charge in [0.05, 0.1) is 19.4 Å². The molecule has 2 aromatic rings. The van der Waals surface area contributed by atoms with Crippen LogP contribution in [0.5, 0.6) is 0 Å². The van der Waals surface area contributed by atoms with E-state index in [1.54, 1.807) is 18.0 Å². The lowest BCUT2D eigenvalue weighted by molar-refractivity contribution is -0.143. The quantitative estimate of drug-likeness (QED) is 0.385. The summed E-state index contributed by atoms with van der Waals surface area (Å²) in [5.74, 6) is 2.45. The van der Waals surface area contributed by atoms with Crippen LogP contribution in [-0.2, 0) is 16.1 Å². The Morgan fingerprint density at radius 3 is 2.92 bits per heavy atom. The topological polar surface area (TPSA) is 73.4 Å². The van der Waals surface area contributed by atoms with E-state index < -0.39 is 0 Å². The van der Waals surface area contributed by atoms with Gasteiger partial charge in [0.25, 0.3) is 0 Å². The maximum absolute atomic E-state index is 11.4. The van der Waals surface area contributed by atoms with E-state index in [9.17, 15) is 4.79 Å². The highest BCUT2D eigenvalue weighted by atomic mass is 32.2. The van der Waals surface area contributed by atoms with E-state index in [4.69, 9.17) is 9.15 Å². The maximum Gasteiger partial charge on any atom is 0.305 e. The van der Waals surface area contributed by atoms with E-state index >= 15 is 0 Å². The number of carbonyl (C=O) groups is 1. The molecular weight excluding hydrogens is 340 g/mol. The fraction of sp³-hybridized carbons (Fsp3) is 0.588. The molecule has 25 heavy (non-hydrogen) atoms. The van der Waals surface area contributed by atoms with Gasteiger partial charge in [-0.3, -0.25) is 9.36 Å². The van der Waals surface area contributed by atoms with Crippen molar-refractivity contribution < 1.29 is 13.9 Å². The molecule has 7 nitrogen and oxygen atoms in total. The first kappa shape index (κ1) is 17.8. The van der Waals surface area contributed by atoms with Crippen LogP contribution >= 0.6 is 11.8 Å². The third kappa shape index (κ3) is 4.78. The molecule has 3 rings (SSSR count). The summed E-state index contributed by atoms with van der Waals surface area (Å²) >= 11 is 1.62. The normalized spacial score (nSPS) is 14.2. The van der Waals surface area contributed by atoms with Crippen molar-refractivity contribution in [2.75, 3.05) is 30.3 Å². The molecule has 1 aliphatic heterocycles. The number of thioether (sulfide) groups is 1. The minimum Gasteiger partial charge on any atom is -0.467 e. The highest BCUT2D eigenvalue weighted by Crippen LogP contribution is 2.26. The number of anilines is 1. The van der Waals surface area contributed by atoms with Crippen molar-refractivity contribution in [2.45, 2.75) is 44.3 Å². The number of furan rings is 1. The Bertz CT molecular complexity index is 665. The fourth-order valence-corrected chi connectivity index (χ4v) is 3.72. The molecule has 136 valence electrons. The molecule has 0 spiro atoms. The van der Waals surface area contributed by atoms with Crippen molar-refractivity contribution in [2.24, 2.45) is 0 Å². The van der Waals surface area contributed by atoms with Crippen molar-refractivity contribution in [1.29, 1.82) is 0 Å². The van der Waals surface area contributed by atoms with Gasteiger partial charge >= 0.3 is 5.97 Å². The van der Waals surface area contributed by atoms with E-state index in [0.717, 1.165) is 42.1 Å². The van der Waals surface area contributed by atoms with Crippen molar-refractivity contribution in [1.82, 2.24) is 14.8 Å². The predicted octanol–water partition coefficient (Wildman–Crippen LogP) is 2.96. The Hall–Kier alpha value is -1.96. The average Bonchev–Trinajstić information content (AvgIpc) is 3.35. The molecule has 3 heterocycles. The molecular formula is C17H24N4O3S. The molecule has 0 aromatic carbocycles. The summed E-state index contributed by atoms with van der Waals surface area (Å²) in [4.78, 5) is 13.7. The predicted molar refractivity (Wildman–Crippen MR) is 95.9 cm³/mol. The lowest BCUT2D eigenvalue weighted by Gasteiger charge is -2.17. The van der Waals surface area contributed by atoms with Crippen LogP contribution < -0.4 is 4.90 Å². The first-order valence-electron chi connectivity index (χ1n) is 8.77. The lowest BCUT2D eigenvalue weighted by Crippen LogP contribution is -2.22. The molecule has 1 aliphatic rings. The monoisotopic (exact) mass is 364 g/mol. The largest absolute Gasteiger partial charge is 0.467 e. The number of rotatable bonds is 9. The molecule has 8 heteroatoms. The minimum absolute atomic E-state index is 0.141. The van der Waals surface area contributed by atoms with E-state index in [-0.39, 0.29) is 5.97 Å². The van der Waals surface area contributed by atoms with Crippen LogP contribution in [0.25, 0.3) is 0 Å². The number of hydrogen-bond donors (Lipinski definition) is 0. The van der Waals surface area contributed by atoms with Crippen molar-refractivity contribution in [3.63, 3.8) is 0 Å². The number of hydrogen-bond acceptors (Lipinski definition) is 7. The van der Waals surface area contributed by atoms with Gasteiger partial charge in [-0.05, 0) is 38.3 Å². The lowest BCUT2D eigenvalue weighted by atomic mass is 10.3. The zero-order valence-corrected chi connectivity index (χ0v) is 15.3. The third-order valence-corrected chi connectivity index (χ3v) is 5.10. The van der Waals surface area contributed by atoms with Crippen LogP contribution in [0.15, 0.2) is 28.0 Å². The maximum atomic E-state index is 11.4. The molecule has 0 radical (unpaired) electrons. The summed E-state index contributed by atoms with van der Waals surface area (Å²) in [6, 6.07) is 3.85. The molecule has 0 amide bonds. The summed E-state index contributed by atoms with van der Waals surface area (Å²) in [7, 11) is 0. The molecule has 0 saturated carbocycles. The number of carbonyl (C=O) groups excluding carboxylic acids is 1. The second-order valence-corrected chi connectivity index (χ2v) is 6.96. The first-order chi connectivity index (χ1) is 12.3. The Kier molecular flexibility index (Phi) is 6.38. The van der Waals surface area contributed by atoms with Gasteiger partial charge in [0.15, 0.2) is 5.16 Å². The van der Waals surface area contributed by atoms with Crippen LogP contribution in [0.3, 0.4) is 0 Å². The number of esters is 1. The van der Waals surface area contributed by atoms with Gasteiger partial charge in [0, 0.05) is 25.3 Å². The average molecular weight is 364 g/mol. The zero-order chi connectivity index (χ0) is 17.5. The Morgan fingerprint density at radius 1 is 1.36 bits per heavy atom.